The van der Waals surface area contributed by atoms with Crippen LogP contribution in [0.2, 0.25) is 0 Å². The van der Waals surface area contributed by atoms with Crippen molar-refractivity contribution in [1.29, 1.82) is 0 Å². The maximum Gasteiger partial charge on any atom is 0.0858 e. The first-order valence-electron chi connectivity index (χ1n) is 5.85. The summed E-state index contributed by atoms with van der Waals surface area (Å²) in [5.74, 6) is 2.11. The van der Waals surface area contributed by atoms with Crippen LogP contribution in [0.5, 0.6) is 0 Å². The van der Waals surface area contributed by atoms with Crippen molar-refractivity contribution in [2.45, 2.75) is 25.5 Å². The van der Waals surface area contributed by atoms with Crippen molar-refractivity contribution in [3.8, 4) is 0 Å². The van der Waals surface area contributed by atoms with Gasteiger partial charge in [0.2, 0.25) is 0 Å². The van der Waals surface area contributed by atoms with E-state index in [0.29, 0.717) is 0 Å². The Kier molecular flexibility index (Phi) is 4.27. The van der Waals surface area contributed by atoms with Gasteiger partial charge in [-0.15, -0.1) is 0 Å². The van der Waals surface area contributed by atoms with E-state index in [4.69, 9.17) is 10.5 Å². The molecule has 1 aromatic carbocycles. The zero-order valence-corrected chi connectivity index (χ0v) is 10.5. The second kappa shape index (κ2) is 5.71. The van der Waals surface area contributed by atoms with E-state index in [1.807, 2.05) is 11.8 Å². The SMILES string of the molecule is CCc1cccc(C(N)C2CSCCO2)c1. The molecule has 0 bridgehead atoms. The molecule has 2 unspecified atom stereocenters. The van der Waals surface area contributed by atoms with Crippen molar-refractivity contribution in [3.63, 3.8) is 0 Å². The van der Waals surface area contributed by atoms with Crippen LogP contribution in [0.15, 0.2) is 24.3 Å². The number of ether oxygens (including phenoxy) is 1. The van der Waals surface area contributed by atoms with Gasteiger partial charge in [-0.05, 0) is 17.5 Å². The average Bonchev–Trinajstić information content (AvgIpc) is 2.39. The molecule has 2 atom stereocenters. The summed E-state index contributed by atoms with van der Waals surface area (Å²) in [6.07, 6.45) is 1.23. The van der Waals surface area contributed by atoms with Crippen LogP contribution < -0.4 is 5.73 Å². The third-order valence-electron chi connectivity index (χ3n) is 2.99. The summed E-state index contributed by atoms with van der Waals surface area (Å²) in [4.78, 5) is 0. The largest absolute Gasteiger partial charge is 0.375 e. The highest BCUT2D eigenvalue weighted by Gasteiger charge is 2.22. The van der Waals surface area contributed by atoms with Gasteiger partial charge >= 0.3 is 0 Å². The molecular weight excluding hydrogens is 218 g/mol. The van der Waals surface area contributed by atoms with Gasteiger partial charge < -0.3 is 10.5 Å². The van der Waals surface area contributed by atoms with E-state index in [-0.39, 0.29) is 12.1 Å². The van der Waals surface area contributed by atoms with Gasteiger partial charge in [-0.1, -0.05) is 31.2 Å². The molecule has 1 fully saturated rings. The minimum atomic E-state index is 0.0132. The third-order valence-corrected chi connectivity index (χ3v) is 4.01. The second-order valence-electron chi connectivity index (χ2n) is 4.11. The molecule has 0 spiro atoms. The molecule has 0 radical (unpaired) electrons. The van der Waals surface area contributed by atoms with Crippen LogP contribution in [-0.2, 0) is 11.2 Å². The molecule has 3 heteroatoms. The van der Waals surface area contributed by atoms with Crippen molar-refractivity contribution in [3.05, 3.63) is 35.4 Å². The molecule has 1 aromatic rings. The highest BCUT2D eigenvalue weighted by molar-refractivity contribution is 7.99. The lowest BCUT2D eigenvalue weighted by Crippen LogP contribution is -2.34. The smallest absolute Gasteiger partial charge is 0.0858 e. The van der Waals surface area contributed by atoms with Crippen LogP contribution in [0, 0.1) is 0 Å². The molecule has 88 valence electrons. The van der Waals surface area contributed by atoms with Crippen LogP contribution in [-0.4, -0.2) is 24.2 Å². The molecule has 2 rings (SSSR count). The number of hydrogen-bond acceptors (Lipinski definition) is 3. The average molecular weight is 237 g/mol. The number of hydrogen-bond donors (Lipinski definition) is 1. The van der Waals surface area contributed by atoms with Gasteiger partial charge in [0.15, 0.2) is 0 Å². The summed E-state index contributed by atoms with van der Waals surface area (Å²) in [5.41, 5.74) is 8.80. The standard InChI is InChI=1S/C13H19NOS/c1-2-10-4-3-5-11(8-10)13(14)12-9-16-7-6-15-12/h3-5,8,12-13H,2,6-7,9,14H2,1H3. The van der Waals surface area contributed by atoms with Gasteiger partial charge in [0.1, 0.15) is 0 Å². The van der Waals surface area contributed by atoms with Crippen molar-refractivity contribution < 1.29 is 4.74 Å². The lowest BCUT2D eigenvalue weighted by molar-refractivity contribution is 0.0569. The maximum atomic E-state index is 6.25. The Labute approximate surface area is 102 Å². The topological polar surface area (TPSA) is 35.2 Å². The fourth-order valence-electron chi connectivity index (χ4n) is 1.95. The Bertz CT molecular complexity index is 336. The molecule has 0 aliphatic carbocycles. The number of aryl methyl sites for hydroxylation is 1. The molecule has 0 aromatic heterocycles. The Balaban J connectivity index is 2.09. The zero-order valence-electron chi connectivity index (χ0n) is 9.69. The number of rotatable bonds is 3. The number of nitrogens with two attached hydrogens (primary N) is 1. The first-order valence-corrected chi connectivity index (χ1v) is 7.00. The summed E-state index contributed by atoms with van der Waals surface area (Å²) >= 11 is 1.93. The van der Waals surface area contributed by atoms with Crippen LogP contribution in [0.1, 0.15) is 24.1 Å². The lowest BCUT2D eigenvalue weighted by Gasteiger charge is -2.28. The Morgan fingerprint density at radius 2 is 2.44 bits per heavy atom. The highest BCUT2D eigenvalue weighted by atomic mass is 32.2. The molecule has 2 nitrogen and oxygen atoms in total. The molecule has 1 aliphatic heterocycles. The van der Waals surface area contributed by atoms with Gasteiger partial charge in [-0.3, -0.25) is 0 Å². The lowest BCUT2D eigenvalue weighted by atomic mass is 10.00. The fourth-order valence-corrected chi connectivity index (χ4v) is 2.86. The van der Waals surface area contributed by atoms with Crippen molar-refractivity contribution in [1.82, 2.24) is 0 Å². The predicted octanol–water partition coefficient (Wildman–Crippen LogP) is 2.38. The van der Waals surface area contributed by atoms with Crippen molar-refractivity contribution >= 4 is 11.8 Å². The van der Waals surface area contributed by atoms with Crippen LogP contribution in [0.3, 0.4) is 0 Å². The van der Waals surface area contributed by atoms with E-state index in [1.54, 1.807) is 0 Å². The molecule has 16 heavy (non-hydrogen) atoms. The van der Waals surface area contributed by atoms with E-state index in [9.17, 15) is 0 Å². The number of benzene rings is 1. The Hall–Kier alpha value is -0.510. The van der Waals surface area contributed by atoms with E-state index in [0.717, 1.165) is 24.5 Å². The highest BCUT2D eigenvalue weighted by Crippen LogP contribution is 2.24. The van der Waals surface area contributed by atoms with Crippen LogP contribution >= 0.6 is 11.8 Å². The normalized spacial score (nSPS) is 23.0. The second-order valence-corrected chi connectivity index (χ2v) is 5.26. The summed E-state index contributed by atoms with van der Waals surface area (Å²) < 4.78 is 5.72. The summed E-state index contributed by atoms with van der Waals surface area (Å²) in [7, 11) is 0. The molecule has 0 saturated carbocycles. The first kappa shape index (κ1) is 12.0. The summed E-state index contributed by atoms with van der Waals surface area (Å²) in [6, 6.07) is 8.55. The minimum absolute atomic E-state index is 0.0132. The Morgan fingerprint density at radius 3 is 3.12 bits per heavy atom. The molecule has 0 amide bonds. The Morgan fingerprint density at radius 1 is 1.56 bits per heavy atom. The van der Waals surface area contributed by atoms with Gasteiger partial charge in [0.25, 0.3) is 0 Å². The third kappa shape index (κ3) is 2.78. The van der Waals surface area contributed by atoms with E-state index < -0.39 is 0 Å². The molecule has 1 saturated heterocycles. The van der Waals surface area contributed by atoms with Crippen LogP contribution in [0.4, 0.5) is 0 Å². The van der Waals surface area contributed by atoms with E-state index >= 15 is 0 Å². The van der Waals surface area contributed by atoms with E-state index in [2.05, 4.69) is 31.2 Å². The summed E-state index contributed by atoms with van der Waals surface area (Å²) in [5, 5.41) is 0. The summed E-state index contributed by atoms with van der Waals surface area (Å²) in [6.45, 7) is 2.99. The molecule has 1 aliphatic rings. The molecular formula is C13H19NOS. The molecule has 2 N–H and O–H groups in total. The quantitative estimate of drug-likeness (QED) is 0.876. The van der Waals surface area contributed by atoms with Gasteiger partial charge in [0.05, 0.1) is 18.8 Å². The van der Waals surface area contributed by atoms with E-state index in [1.165, 1.54) is 11.1 Å². The van der Waals surface area contributed by atoms with Gasteiger partial charge in [-0.25, -0.2) is 0 Å². The number of thioether (sulfide) groups is 1. The van der Waals surface area contributed by atoms with Crippen LogP contribution in [0.25, 0.3) is 0 Å². The predicted molar refractivity (Wildman–Crippen MR) is 69.8 cm³/mol. The van der Waals surface area contributed by atoms with Gasteiger partial charge in [0, 0.05) is 11.5 Å². The maximum absolute atomic E-state index is 6.25. The fraction of sp³-hybridized carbons (Fsp3) is 0.538. The minimum Gasteiger partial charge on any atom is -0.375 e. The van der Waals surface area contributed by atoms with Crippen molar-refractivity contribution in [2.24, 2.45) is 5.73 Å². The monoisotopic (exact) mass is 237 g/mol. The van der Waals surface area contributed by atoms with Crippen molar-refractivity contribution in [2.75, 3.05) is 18.1 Å². The molecule has 1 heterocycles. The zero-order chi connectivity index (χ0) is 11.4. The van der Waals surface area contributed by atoms with Gasteiger partial charge in [-0.2, -0.15) is 11.8 Å². The first-order chi connectivity index (χ1) is 7.81.